The van der Waals surface area contributed by atoms with Gasteiger partial charge in [0.25, 0.3) is 0 Å². The molecule has 0 aliphatic rings. The minimum Gasteiger partial charge on any atom is -0.154 e. The molecule has 0 radical (unpaired) electrons. The van der Waals surface area contributed by atoms with Crippen LogP contribution in [0.1, 0.15) is 11.3 Å². The highest BCUT2D eigenvalue weighted by molar-refractivity contribution is 9.10. The molecule has 0 fully saturated rings. The SMILES string of the molecule is Clc1nnc(Cc2cccc(Br)c2)cc1Br. The van der Waals surface area contributed by atoms with Crippen LogP contribution in [-0.4, -0.2) is 10.2 Å². The predicted octanol–water partition coefficient (Wildman–Crippen LogP) is 4.25. The second kappa shape index (κ2) is 5.25. The third-order valence-corrected chi connectivity index (χ3v) is 3.64. The molecule has 0 N–H and O–H groups in total. The van der Waals surface area contributed by atoms with Crippen LogP contribution in [0, 0.1) is 0 Å². The van der Waals surface area contributed by atoms with E-state index in [0.29, 0.717) is 5.15 Å². The molecule has 16 heavy (non-hydrogen) atoms. The van der Waals surface area contributed by atoms with Crippen LogP contribution in [0.2, 0.25) is 5.15 Å². The summed E-state index contributed by atoms with van der Waals surface area (Å²) >= 11 is 12.5. The second-order valence-electron chi connectivity index (χ2n) is 3.28. The average Bonchev–Trinajstić information content (AvgIpc) is 2.24. The zero-order valence-electron chi connectivity index (χ0n) is 8.12. The quantitative estimate of drug-likeness (QED) is 0.798. The molecular formula is C11H7Br2ClN2. The van der Waals surface area contributed by atoms with Crippen molar-refractivity contribution in [2.24, 2.45) is 0 Å². The standard InChI is InChI=1S/C11H7Br2ClN2/c12-8-3-1-2-7(4-8)5-9-6-10(13)11(14)16-15-9/h1-4,6H,5H2. The first-order valence-electron chi connectivity index (χ1n) is 4.57. The second-order valence-corrected chi connectivity index (χ2v) is 5.41. The Morgan fingerprint density at radius 1 is 1.12 bits per heavy atom. The molecule has 0 bridgehead atoms. The van der Waals surface area contributed by atoms with Crippen LogP contribution in [0.5, 0.6) is 0 Å². The van der Waals surface area contributed by atoms with Gasteiger partial charge in [0, 0.05) is 10.9 Å². The molecular weight excluding hydrogens is 355 g/mol. The van der Waals surface area contributed by atoms with E-state index in [0.717, 1.165) is 21.1 Å². The third-order valence-electron chi connectivity index (χ3n) is 2.03. The van der Waals surface area contributed by atoms with Crippen molar-refractivity contribution in [1.29, 1.82) is 0 Å². The van der Waals surface area contributed by atoms with Gasteiger partial charge in [0.15, 0.2) is 5.15 Å². The van der Waals surface area contributed by atoms with E-state index in [-0.39, 0.29) is 0 Å². The van der Waals surface area contributed by atoms with Crippen LogP contribution < -0.4 is 0 Å². The van der Waals surface area contributed by atoms with E-state index in [1.165, 1.54) is 5.56 Å². The Morgan fingerprint density at radius 2 is 1.94 bits per heavy atom. The maximum atomic E-state index is 5.78. The first-order valence-corrected chi connectivity index (χ1v) is 6.53. The number of halogens is 3. The largest absolute Gasteiger partial charge is 0.165 e. The van der Waals surface area contributed by atoms with E-state index >= 15 is 0 Å². The van der Waals surface area contributed by atoms with Gasteiger partial charge in [0.2, 0.25) is 0 Å². The first-order chi connectivity index (χ1) is 7.65. The molecule has 0 saturated heterocycles. The Bertz CT molecular complexity index is 517. The van der Waals surface area contributed by atoms with Gasteiger partial charge in [-0.1, -0.05) is 39.7 Å². The van der Waals surface area contributed by atoms with E-state index < -0.39 is 0 Å². The Kier molecular flexibility index (Phi) is 3.95. The molecule has 0 atom stereocenters. The van der Waals surface area contributed by atoms with Crippen LogP contribution in [0.15, 0.2) is 39.3 Å². The maximum absolute atomic E-state index is 5.78. The minimum absolute atomic E-state index is 0.387. The number of hydrogen-bond donors (Lipinski definition) is 0. The van der Waals surface area contributed by atoms with Crippen LogP contribution in [0.3, 0.4) is 0 Å². The molecule has 2 rings (SSSR count). The molecule has 0 aliphatic heterocycles. The van der Waals surface area contributed by atoms with E-state index in [1.54, 1.807) is 0 Å². The summed E-state index contributed by atoms with van der Waals surface area (Å²) in [5.74, 6) is 0. The van der Waals surface area contributed by atoms with Gasteiger partial charge >= 0.3 is 0 Å². The van der Waals surface area contributed by atoms with Crippen LogP contribution in [-0.2, 0) is 6.42 Å². The first kappa shape index (κ1) is 12.0. The third kappa shape index (κ3) is 3.03. The van der Waals surface area contributed by atoms with Gasteiger partial charge in [-0.3, -0.25) is 0 Å². The molecule has 0 saturated carbocycles. The Hall–Kier alpha value is -0.450. The lowest BCUT2D eigenvalue weighted by Crippen LogP contribution is -1.95. The van der Waals surface area contributed by atoms with Crippen molar-refractivity contribution in [1.82, 2.24) is 10.2 Å². The zero-order valence-corrected chi connectivity index (χ0v) is 12.1. The smallest absolute Gasteiger partial charge is 0.154 e. The van der Waals surface area contributed by atoms with Crippen LogP contribution in [0.25, 0.3) is 0 Å². The fraction of sp³-hybridized carbons (Fsp3) is 0.0909. The van der Waals surface area contributed by atoms with Crippen molar-refractivity contribution < 1.29 is 0 Å². The highest BCUT2D eigenvalue weighted by Crippen LogP contribution is 2.21. The van der Waals surface area contributed by atoms with Gasteiger partial charge in [-0.2, -0.15) is 5.10 Å². The number of benzene rings is 1. The molecule has 0 aliphatic carbocycles. The number of nitrogens with zero attached hydrogens (tertiary/aromatic N) is 2. The summed E-state index contributed by atoms with van der Waals surface area (Å²) in [7, 11) is 0. The van der Waals surface area contributed by atoms with Crippen molar-refractivity contribution in [3.8, 4) is 0 Å². The predicted molar refractivity (Wildman–Crippen MR) is 71.7 cm³/mol. The summed E-state index contributed by atoms with van der Waals surface area (Å²) in [6, 6.07) is 9.99. The summed E-state index contributed by atoms with van der Waals surface area (Å²) in [6.45, 7) is 0. The Balaban J connectivity index is 2.24. The number of aromatic nitrogens is 2. The number of hydrogen-bond acceptors (Lipinski definition) is 2. The van der Waals surface area contributed by atoms with E-state index in [4.69, 9.17) is 11.6 Å². The fourth-order valence-corrected chi connectivity index (χ4v) is 2.22. The maximum Gasteiger partial charge on any atom is 0.165 e. The molecule has 0 unspecified atom stereocenters. The topological polar surface area (TPSA) is 25.8 Å². The molecule has 1 heterocycles. The van der Waals surface area contributed by atoms with Crippen molar-refractivity contribution in [2.75, 3.05) is 0 Å². The molecule has 1 aromatic heterocycles. The Morgan fingerprint density at radius 3 is 2.62 bits per heavy atom. The minimum atomic E-state index is 0.387. The molecule has 5 heteroatoms. The van der Waals surface area contributed by atoms with Gasteiger partial charge in [-0.15, -0.1) is 5.10 Å². The van der Waals surface area contributed by atoms with Gasteiger partial charge in [0.05, 0.1) is 10.2 Å². The van der Waals surface area contributed by atoms with Crippen molar-refractivity contribution in [3.05, 3.63) is 55.7 Å². The monoisotopic (exact) mass is 360 g/mol. The molecule has 1 aromatic carbocycles. The van der Waals surface area contributed by atoms with Gasteiger partial charge in [0.1, 0.15) is 0 Å². The van der Waals surface area contributed by atoms with E-state index in [2.05, 4.69) is 54.2 Å². The average molecular weight is 362 g/mol. The summed E-state index contributed by atoms with van der Waals surface area (Å²) < 4.78 is 1.83. The van der Waals surface area contributed by atoms with Crippen molar-refractivity contribution in [3.63, 3.8) is 0 Å². The van der Waals surface area contributed by atoms with E-state index in [1.807, 2.05) is 18.2 Å². The zero-order chi connectivity index (χ0) is 11.5. The highest BCUT2D eigenvalue weighted by Gasteiger charge is 2.03. The normalized spacial score (nSPS) is 10.4. The van der Waals surface area contributed by atoms with Gasteiger partial charge < -0.3 is 0 Å². The van der Waals surface area contributed by atoms with Gasteiger partial charge in [-0.25, -0.2) is 0 Å². The van der Waals surface area contributed by atoms with E-state index in [9.17, 15) is 0 Å². The van der Waals surface area contributed by atoms with Gasteiger partial charge in [-0.05, 0) is 39.7 Å². The molecule has 2 nitrogen and oxygen atoms in total. The molecule has 0 spiro atoms. The lowest BCUT2D eigenvalue weighted by Gasteiger charge is -2.02. The summed E-state index contributed by atoms with van der Waals surface area (Å²) in [5.41, 5.74) is 2.06. The van der Waals surface area contributed by atoms with Crippen LogP contribution in [0.4, 0.5) is 0 Å². The fourth-order valence-electron chi connectivity index (χ4n) is 1.33. The van der Waals surface area contributed by atoms with Crippen molar-refractivity contribution in [2.45, 2.75) is 6.42 Å². The number of rotatable bonds is 2. The lowest BCUT2D eigenvalue weighted by atomic mass is 10.1. The summed E-state index contributed by atoms with van der Waals surface area (Å²) in [5, 5.41) is 8.28. The molecule has 2 aromatic rings. The molecule has 82 valence electrons. The Labute approximate surface area is 115 Å². The van der Waals surface area contributed by atoms with Crippen molar-refractivity contribution >= 4 is 43.5 Å². The lowest BCUT2D eigenvalue weighted by molar-refractivity contribution is 0.931. The van der Waals surface area contributed by atoms with Crippen LogP contribution >= 0.6 is 43.5 Å². The summed E-state index contributed by atoms with van der Waals surface area (Å²) in [6.07, 6.45) is 0.738. The summed E-state index contributed by atoms with van der Waals surface area (Å²) in [4.78, 5) is 0. The molecule has 0 amide bonds. The highest BCUT2D eigenvalue weighted by atomic mass is 79.9.